The van der Waals surface area contributed by atoms with E-state index >= 15 is 0 Å². The third-order valence-electron chi connectivity index (χ3n) is 3.76. The second kappa shape index (κ2) is 8.50. The zero-order chi connectivity index (χ0) is 19.2. The highest BCUT2D eigenvalue weighted by atomic mass is 79.9. The molecule has 7 nitrogen and oxygen atoms in total. The molecule has 2 aromatic carbocycles. The van der Waals surface area contributed by atoms with Crippen LogP contribution in [-0.2, 0) is 0 Å². The lowest BCUT2D eigenvalue weighted by atomic mass is 10.1. The number of benzene rings is 2. The summed E-state index contributed by atoms with van der Waals surface area (Å²) >= 11 is 3.40. The summed E-state index contributed by atoms with van der Waals surface area (Å²) in [5.41, 5.74) is 5.13. The van der Waals surface area contributed by atoms with Gasteiger partial charge < -0.3 is 9.47 Å². The Morgan fingerprint density at radius 1 is 1.15 bits per heavy atom. The van der Waals surface area contributed by atoms with Crippen LogP contribution in [0.1, 0.15) is 16.1 Å². The number of carbonyl (C=O) groups excluding carboxylic acids is 1. The lowest BCUT2D eigenvalue weighted by Gasteiger charge is -2.03. The molecule has 0 fully saturated rings. The highest BCUT2D eigenvalue weighted by Gasteiger charge is 2.10. The van der Waals surface area contributed by atoms with Crippen molar-refractivity contribution in [3.8, 4) is 22.8 Å². The lowest BCUT2D eigenvalue weighted by Crippen LogP contribution is -2.18. The van der Waals surface area contributed by atoms with Crippen LogP contribution >= 0.6 is 15.9 Å². The molecule has 0 aliphatic carbocycles. The lowest BCUT2D eigenvalue weighted by molar-refractivity contribution is 0.0950. The van der Waals surface area contributed by atoms with Gasteiger partial charge >= 0.3 is 0 Å². The van der Waals surface area contributed by atoms with Crippen molar-refractivity contribution in [2.24, 2.45) is 5.10 Å². The van der Waals surface area contributed by atoms with Crippen LogP contribution in [0.2, 0.25) is 0 Å². The molecule has 2 N–H and O–H groups in total. The Labute approximate surface area is 164 Å². The molecule has 1 aromatic heterocycles. The number of hydrazone groups is 1. The maximum Gasteiger partial charge on any atom is 0.289 e. The van der Waals surface area contributed by atoms with E-state index in [1.54, 1.807) is 26.5 Å². The Morgan fingerprint density at radius 3 is 2.59 bits per heavy atom. The summed E-state index contributed by atoms with van der Waals surface area (Å²) in [6.45, 7) is 0. The van der Waals surface area contributed by atoms with Gasteiger partial charge in [0.25, 0.3) is 5.91 Å². The first-order chi connectivity index (χ1) is 13.1. The molecule has 8 heteroatoms. The number of nitrogens with one attached hydrogen (secondary N) is 2. The molecule has 3 rings (SSSR count). The molecular formula is C19H17BrN4O3. The van der Waals surface area contributed by atoms with Crippen LogP contribution < -0.4 is 14.9 Å². The Morgan fingerprint density at radius 2 is 1.93 bits per heavy atom. The summed E-state index contributed by atoms with van der Waals surface area (Å²) < 4.78 is 11.1. The summed E-state index contributed by atoms with van der Waals surface area (Å²) in [4.78, 5) is 12.2. The number of nitrogens with zero attached hydrogens (tertiary/aromatic N) is 2. The fraction of sp³-hybridized carbons (Fsp3) is 0.105. The van der Waals surface area contributed by atoms with Crippen molar-refractivity contribution in [2.75, 3.05) is 14.2 Å². The molecule has 0 radical (unpaired) electrons. The van der Waals surface area contributed by atoms with Crippen LogP contribution in [0.25, 0.3) is 11.3 Å². The van der Waals surface area contributed by atoms with E-state index in [1.165, 1.54) is 0 Å². The Hall–Kier alpha value is -3.13. The van der Waals surface area contributed by atoms with Gasteiger partial charge in [0.2, 0.25) is 0 Å². The first-order valence-electron chi connectivity index (χ1n) is 7.97. The fourth-order valence-corrected chi connectivity index (χ4v) is 2.89. The predicted molar refractivity (Wildman–Crippen MR) is 106 cm³/mol. The molecule has 0 aliphatic heterocycles. The Bertz CT molecular complexity index is 967. The summed E-state index contributed by atoms with van der Waals surface area (Å²) in [6, 6.07) is 14.6. The number of carbonyl (C=O) groups is 1. The van der Waals surface area contributed by atoms with E-state index in [4.69, 9.17) is 9.47 Å². The zero-order valence-electron chi connectivity index (χ0n) is 14.7. The van der Waals surface area contributed by atoms with Gasteiger partial charge in [-0.05, 0) is 70.0 Å². The van der Waals surface area contributed by atoms with Gasteiger partial charge in [0.15, 0.2) is 0 Å². The van der Waals surface area contributed by atoms with Gasteiger partial charge in [-0.2, -0.15) is 10.2 Å². The molecule has 138 valence electrons. The van der Waals surface area contributed by atoms with Gasteiger partial charge in [0, 0.05) is 5.56 Å². The predicted octanol–water partition coefficient (Wildman–Crippen LogP) is 3.62. The second-order valence-corrected chi connectivity index (χ2v) is 6.34. The van der Waals surface area contributed by atoms with E-state index in [9.17, 15) is 4.79 Å². The fourth-order valence-electron chi connectivity index (χ4n) is 2.34. The van der Waals surface area contributed by atoms with Crippen LogP contribution in [0, 0.1) is 0 Å². The van der Waals surface area contributed by atoms with E-state index in [1.807, 2.05) is 42.5 Å². The molecule has 0 spiro atoms. The van der Waals surface area contributed by atoms with E-state index in [-0.39, 0.29) is 5.91 Å². The number of methoxy groups -OCH3 is 2. The van der Waals surface area contributed by atoms with Crippen LogP contribution in [0.15, 0.2) is 58.1 Å². The molecule has 1 amide bonds. The number of aromatic nitrogens is 2. The SMILES string of the molecule is COc1ccc(-c2cc(C(=O)N/N=C/c3ccc(OC)c(Br)c3)[nH]n2)cc1. The van der Waals surface area contributed by atoms with Crippen molar-refractivity contribution in [1.29, 1.82) is 0 Å². The maximum absolute atomic E-state index is 12.2. The van der Waals surface area contributed by atoms with Crippen LogP contribution in [0.3, 0.4) is 0 Å². The molecule has 1 heterocycles. The molecule has 3 aromatic rings. The number of amides is 1. The van der Waals surface area contributed by atoms with Gasteiger partial charge in [0.1, 0.15) is 17.2 Å². The number of hydrogen-bond donors (Lipinski definition) is 2. The van der Waals surface area contributed by atoms with E-state index in [0.717, 1.165) is 27.1 Å². The summed E-state index contributed by atoms with van der Waals surface area (Å²) in [5.74, 6) is 1.09. The molecule has 0 atom stereocenters. The number of halogens is 1. The van der Waals surface area contributed by atoms with Crippen LogP contribution in [0.4, 0.5) is 0 Å². The minimum Gasteiger partial charge on any atom is -0.497 e. The van der Waals surface area contributed by atoms with Gasteiger partial charge in [-0.1, -0.05) is 0 Å². The van der Waals surface area contributed by atoms with Crippen molar-refractivity contribution in [3.05, 3.63) is 64.3 Å². The number of aromatic amines is 1. The third kappa shape index (κ3) is 4.53. The third-order valence-corrected chi connectivity index (χ3v) is 4.38. The van der Waals surface area contributed by atoms with Gasteiger partial charge in [-0.25, -0.2) is 5.43 Å². The molecule has 0 saturated carbocycles. The first-order valence-corrected chi connectivity index (χ1v) is 8.77. The van der Waals surface area contributed by atoms with Crippen molar-refractivity contribution in [1.82, 2.24) is 15.6 Å². The van der Waals surface area contributed by atoms with Gasteiger partial charge in [-0.3, -0.25) is 9.89 Å². The van der Waals surface area contributed by atoms with Gasteiger partial charge in [-0.15, -0.1) is 0 Å². The zero-order valence-corrected chi connectivity index (χ0v) is 16.3. The van der Waals surface area contributed by atoms with E-state index in [2.05, 4.69) is 36.7 Å². The number of H-pyrrole nitrogens is 1. The second-order valence-electron chi connectivity index (χ2n) is 5.49. The standard InChI is InChI=1S/C19H17BrN4O3/c1-26-14-6-4-13(5-7-14)16-10-17(23-22-16)19(25)24-21-11-12-3-8-18(27-2)15(20)9-12/h3-11H,1-2H3,(H,22,23)(H,24,25)/b21-11+. The Kier molecular flexibility index (Phi) is 5.87. The molecular weight excluding hydrogens is 412 g/mol. The normalized spacial score (nSPS) is 10.8. The van der Waals surface area contributed by atoms with Crippen molar-refractivity contribution in [3.63, 3.8) is 0 Å². The van der Waals surface area contributed by atoms with Crippen molar-refractivity contribution in [2.45, 2.75) is 0 Å². The Balaban J connectivity index is 1.64. The highest BCUT2D eigenvalue weighted by molar-refractivity contribution is 9.10. The first kappa shape index (κ1) is 18.7. The largest absolute Gasteiger partial charge is 0.497 e. The molecule has 0 saturated heterocycles. The maximum atomic E-state index is 12.2. The number of hydrogen-bond acceptors (Lipinski definition) is 5. The van der Waals surface area contributed by atoms with Crippen LogP contribution in [0.5, 0.6) is 11.5 Å². The van der Waals surface area contributed by atoms with E-state index in [0.29, 0.717) is 11.4 Å². The molecule has 0 bridgehead atoms. The molecule has 0 aliphatic rings. The minimum atomic E-state index is -0.383. The molecule has 0 unspecified atom stereocenters. The smallest absolute Gasteiger partial charge is 0.289 e. The topological polar surface area (TPSA) is 88.6 Å². The molecule has 27 heavy (non-hydrogen) atoms. The monoisotopic (exact) mass is 428 g/mol. The number of ether oxygens (including phenoxy) is 2. The van der Waals surface area contributed by atoms with Gasteiger partial charge in [0.05, 0.1) is 30.6 Å². The quantitative estimate of drug-likeness (QED) is 0.463. The van der Waals surface area contributed by atoms with E-state index < -0.39 is 0 Å². The average molecular weight is 429 g/mol. The summed E-state index contributed by atoms with van der Waals surface area (Å²) in [5, 5.41) is 10.8. The summed E-state index contributed by atoms with van der Waals surface area (Å²) in [6.07, 6.45) is 1.54. The number of rotatable bonds is 6. The highest BCUT2D eigenvalue weighted by Crippen LogP contribution is 2.25. The minimum absolute atomic E-state index is 0.314. The van der Waals surface area contributed by atoms with Crippen LogP contribution in [-0.4, -0.2) is 36.5 Å². The van der Waals surface area contributed by atoms with Crippen molar-refractivity contribution >= 4 is 28.1 Å². The van der Waals surface area contributed by atoms with Crippen molar-refractivity contribution < 1.29 is 14.3 Å². The summed E-state index contributed by atoms with van der Waals surface area (Å²) in [7, 11) is 3.20. The average Bonchev–Trinajstić information content (AvgIpc) is 3.18.